The minimum absolute atomic E-state index is 0.0773. The lowest BCUT2D eigenvalue weighted by Gasteiger charge is -2.14. The van der Waals surface area contributed by atoms with Crippen molar-refractivity contribution in [2.75, 3.05) is 19.4 Å². The molecule has 0 aliphatic carbocycles. The first-order chi connectivity index (χ1) is 18.1. The van der Waals surface area contributed by atoms with Gasteiger partial charge in [-0.15, -0.1) is 0 Å². The van der Waals surface area contributed by atoms with Crippen molar-refractivity contribution in [3.8, 4) is 11.3 Å². The molecule has 4 rings (SSSR count). The first-order valence-corrected chi connectivity index (χ1v) is 11.4. The lowest BCUT2D eigenvalue weighted by molar-refractivity contribution is -0.137. The molecule has 0 saturated heterocycles. The number of aromatic nitrogens is 2. The van der Waals surface area contributed by atoms with Gasteiger partial charge in [-0.05, 0) is 42.6 Å². The summed E-state index contributed by atoms with van der Waals surface area (Å²) < 4.78 is 42.4. The van der Waals surface area contributed by atoms with Gasteiger partial charge in [0.25, 0.3) is 11.8 Å². The van der Waals surface area contributed by atoms with E-state index < -0.39 is 28.9 Å². The summed E-state index contributed by atoms with van der Waals surface area (Å²) in [5.74, 6) is -0.736. The zero-order valence-corrected chi connectivity index (χ0v) is 20.4. The predicted octanol–water partition coefficient (Wildman–Crippen LogP) is 4.73. The van der Waals surface area contributed by atoms with Gasteiger partial charge in [-0.2, -0.15) is 13.2 Å². The first kappa shape index (κ1) is 26.1. The number of carbonyl (C=O) groups excluding carboxylic acids is 2. The molecule has 0 fully saturated rings. The molecule has 0 aliphatic heterocycles. The highest BCUT2D eigenvalue weighted by atomic mass is 19.4. The van der Waals surface area contributed by atoms with Crippen LogP contribution < -0.4 is 16.0 Å². The molecule has 38 heavy (non-hydrogen) atoms. The normalized spacial score (nSPS) is 11.5. The van der Waals surface area contributed by atoms with Crippen LogP contribution in [0.3, 0.4) is 0 Å². The van der Waals surface area contributed by atoms with E-state index in [4.69, 9.17) is 5.41 Å². The molecule has 194 valence electrons. The summed E-state index contributed by atoms with van der Waals surface area (Å²) in [4.78, 5) is 30.0. The van der Waals surface area contributed by atoms with Crippen molar-refractivity contribution < 1.29 is 22.8 Å². The van der Waals surface area contributed by atoms with Gasteiger partial charge in [0.05, 0.1) is 11.3 Å². The van der Waals surface area contributed by atoms with Crippen LogP contribution in [0.2, 0.25) is 0 Å². The molecular formula is C27H23F3N6O2. The maximum absolute atomic E-state index is 13.6. The second-order valence-corrected chi connectivity index (χ2v) is 8.15. The van der Waals surface area contributed by atoms with Gasteiger partial charge < -0.3 is 21.4 Å². The number of allylic oxidation sites excluding steroid dienone is 1. The fourth-order valence-corrected chi connectivity index (χ4v) is 3.84. The summed E-state index contributed by atoms with van der Waals surface area (Å²) in [5, 5.41) is 16.0. The van der Waals surface area contributed by atoms with E-state index in [9.17, 15) is 22.8 Å². The Kier molecular flexibility index (Phi) is 7.28. The molecule has 8 nitrogen and oxygen atoms in total. The average Bonchev–Trinajstić information content (AvgIpc) is 3.28. The van der Waals surface area contributed by atoms with Crippen LogP contribution in [-0.2, 0) is 6.18 Å². The van der Waals surface area contributed by atoms with E-state index in [-0.39, 0.29) is 17.3 Å². The smallest absolute Gasteiger partial charge is 0.394 e. The van der Waals surface area contributed by atoms with E-state index in [1.54, 1.807) is 54.0 Å². The maximum atomic E-state index is 13.6. The van der Waals surface area contributed by atoms with E-state index in [1.807, 2.05) is 6.07 Å². The topological polar surface area (TPSA) is 111 Å². The second-order valence-electron chi connectivity index (χ2n) is 8.15. The molecule has 2 heterocycles. The Labute approximate surface area is 215 Å². The van der Waals surface area contributed by atoms with Crippen LogP contribution in [0.5, 0.6) is 0 Å². The van der Waals surface area contributed by atoms with Crippen LogP contribution in [0.25, 0.3) is 16.9 Å². The Bertz CT molecular complexity index is 1560. The van der Waals surface area contributed by atoms with Gasteiger partial charge in [0.1, 0.15) is 17.2 Å². The van der Waals surface area contributed by atoms with Crippen molar-refractivity contribution in [2.45, 2.75) is 6.18 Å². The molecule has 4 N–H and O–H groups in total. The number of nitrogens with one attached hydrogen (secondary N) is 4. The molecule has 0 saturated carbocycles. The van der Waals surface area contributed by atoms with Crippen molar-refractivity contribution in [3.63, 3.8) is 0 Å². The van der Waals surface area contributed by atoms with Crippen LogP contribution in [0, 0.1) is 5.41 Å². The number of carbonyl (C=O) groups is 2. The van der Waals surface area contributed by atoms with Gasteiger partial charge in [0.2, 0.25) is 0 Å². The molecule has 0 aliphatic rings. The number of halogens is 3. The lowest BCUT2D eigenvalue weighted by Crippen LogP contribution is -2.18. The summed E-state index contributed by atoms with van der Waals surface area (Å²) in [7, 11) is 3.06. The Balaban J connectivity index is 1.80. The molecule has 0 unspecified atom stereocenters. The van der Waals surface area contributed by atoms with Crippen molar-refractivity contribution >= 4 is 29.0 Å². The summed E-state index contributed by atoms with van der Waals surface area (Å²) in [5.41, 5.74) is -0.121. The highest BCUT2D eigenvalue weighted by Crippen LogP contribution is 2.34. The highest BCUT2D eigenvalue weighted by molar-refractivity contribution is 6.11. The molecule has 0 bridgehead atoms. The van der Waals surface area contributed by atoms with Gasteiger partial charge in [-0.3, -0.25) is 14.0 Å². The molecule has 4 aromatic rings. The number of hydrogen-bond acceptors (Lipinski definition) is 5. The van der Waals surface area contributed by atoms with Gasteiger partial charge in [-0.1, -0.05) is 30.3 Å². The van der Waals surface area contributed by atoms with E-state index in [2.05, 4.69) is 20.9 Å². The molecule has 2 aromatic carbocycles. The van der Waals surface area contributed by atoms with Crippen molar-refractivity contribution in [1.29, 1.82) is 5.41 Å². The zero-order valence-electron chi connectivity index (χ0n) is 20.4. The summed E-state index contributed by atoms with van der Waals surface area (Å²) in [6, 6.07) is 15.0. The number of alkyl halides is 3. The molecular weight excluding hydrogens is 497 g/mol. The van der Waals surface area contributed by atoms with Crippen molar-refractivity contribution in [3.05, 3.63) is 101 Å². The minimum Gasteiger partial charge on any atom is -0.394 e. The third-order valence-electron chi connectivity index (χ3n) is 5.69. The van der Waals surface area contributed by atoms with Crippen LogP contribution >= 0.6 is 0 Å². The minimum atomic E-state index is -4.71. The molecule has 0 atom stereocenters. The molecule has 2 aromatic heterocycles. The molecule has 0 radical (unpaired) electrons. The van der Waals surface area contributed by atoms with E-state index >= 15 is 0 Å². The number of benzene rings is 2. The summed E-state index contributed by atoms with van der Waals surface area (Å²) >= 11 is 0. The maximum Gasteiger partial charge on any atom is 0.417 e. The number of fused-ring (bicyclic) bond motifs is 1. The van der Waals surface area contributed by atoms with Crippen LogP contribution in [0.4, 0.5) is 19.0 Å². The van der Waals surface area contributed by atoms with Crippen LogP contribution in [0.1, 0.15) is 31.8 Å². The number of amides is 2. The zero-order chi connectivity index (χ0) is 27.4. The van der Waals surface area contributed by atoms with Crippen LogP contribution in [-0.4, -0.2) is 41.0 Å². The number of anilines is 1. The molecule has 2 amide bonds. The average molecular weight is 521 g/mol. The van der Waals surface area contributed by atoms with Gasteiger partial charge in [0, 0.05) is 42.5 Å². The Hall–Kier alpha value is -4.93. The van der Waals surface area contributed by atoms with E-state index in [1.165, 1.54) is 19.3 Å². The monoisotopic (exact) mass is 520 g/mol. The second kappa shape index (κ2) is 10.6. The lowest BCUT2D eigenvalue weighted by atomic mass is 9.99. The predicted molar refractivity (Wildman–Crippen MR) is 138 cm³/mol. The van der Waals surface area contributed by atoms with Gasteiger partial charge >= 0.3 is 6.18 Å². The standard InChI is InChI=1S/C27H23F3N6O2/c1-32-12-10-21(31)19-14-17(8-9-20(19)27(28,29)30)26(38)35-24-23(16-6-4-3-5-7-16)34-22-15-18(25(37)33-2)11-13-36(22)24/h3-15,31-32H,1-2H3,(H,33,37)(H,35,38)/b12-10-,31-21?. The first-order valence-electron chi connectivity index (χ1n) is 11.4. The Morgan fingerprint density at radius 1 is 0.974 bits per heavy atom. The molecule has 11 heteroatoms. The fourth-order valence-electron chi connectivity index (χ4n) is 3.84. The highest BCUT2D eigenvalue weighted by Gasteiger charge is 2.34. The van der Waals surface area contributed by atoms with Crippen molar-refractivity contribution in [1.82, 2.24) is 20.0 Å². The van der Waals surface area contributed by atoms with Gasteiger partial charge in [0.15, 0.2) is 0 Å². The molecule has 0 spiro atoms. The quantitative estimate of drug-likeness (QED) is 0.264. The van der Waals surface area contributed by atoms with Crippen LogP contribution in [0.15, 0.2) is 79.1 Å². The number of imidazole rings is 1. The number of pyridine rings is 1. The summed E-state index contributed by atoms with van der Waals surface area (Å²) in [6.07, 6.45) is -0.638. The Morgan fingerprint density at radius 2 is 1.68 bits per heavy atom. The van der Waals surface area contributed by atoms with E-state index in [0.717, 1.165) is 18.2 Å². The SMILES string of the molecule is CN/C=C\C(=N)c1cc(C(=O)Nc2c(-c3ccccc3)nc3cc(C(=O)NC)ccn23)ccc1C(F)(F)F. The third-order valence-corrected chi connectivity index (χ3v) is 5.69. The largest absolute Gasteiger partial charge is 0.417 e. The summed E-state index contributed by atoms with van der Waals surface area (Å²) in [6.45, 7) is 0. The van der Waals surface area contributed by atoms with E-state index in [0.29, 0.717) is 22.5 Å². The number of nitrogens with zero attached hydrogens (tertiary/aromatic N) is 2. The third kappa shape index (κ3) is 5.26. The number of rotatable bonds is 7. The fraction of sp³-hybridized carbons (Fsp3) is 0.111. The van der Waals surface area contributed by atoms with Crippen molar-refractivity contribution in [2.24, 2.45) is 0 Å². The number of hydrogen-bond donors (Lipinski definition) is 4. The van der Waals surface area contributed by atoms with Gasteiger partial charge in [-0.25, -0.2) is 4.98 Å². The Morgan fingerprint density at radius 3 is 2.34 bits per heavy atom.